The molecular formula is C28H33P. The minimum atomic E-state index is 0.0874. The van der Waals surface area contributed by atoms with Crippen LogP contribution in [0.3, 0.4) is 0 Å². The Morgan fingerprint density at radius 1 is 0.897 bits per heavy atom. The second kappa shape index (κ2) is 8.61. The Labute approximate surface area is 176 Å². The Kier molecular flexibility index (Phi) is 5.74. The number of unbranched alkanes of at least 4 members (excludes halogenated alkanes) is 3. The van der Waals surface area contributed by atoms with E-state index in [-0.39, 0.29) is 7.92 Å². The summed E-state index contributed by atoms with van der Waals surface area (Å²) in [5.74, 6) is 0.713. The van der Waals surface area contributed by atoms with Gasteiger partial charge in [0.15, 0.2) is 0 Å². The molecule has 2 aromatic rings. The highest BCUT2D eigenvalue weighted by Crippen LogP contribution is 2.49. The van der Waals surface area contributed by atoms with E-state index in [1.54, 1.807) is 21.9 Å². The van der Waals surface area contributed by atoms with E-state index in [0.29, 0.717) is 5.92 Å². The van der Waals surface area contributed by atoms with Gasteiger partial charge in [-0.1, -0.05) is 80.8 Å². The van der Waals surface area contributed by atoms with Crippen molar-refractivity contribution in [1.82, 2.24) is 0 Å². The first-order valence-corrected chi connectivity index (χ1v) is 13.6. The Bertz CT molecular complexity index is 1140. The van der Waals surface area contributed by atoms with Crippen LogP contribution in [-0.2, 0) is 6.16 Å². The maximum absolute atomic E-state index is 2.54. The van der Waals surface area contributed by atoms with Gasteiger partial charge in [0.1, 0.15) is 0 Å². The maximum atomic E-state index is 2.54. The summed E-state index contributed by atoms with van der Waals surface area (Å²) in [6.45, 7) is 2.32. The lowest BCUT2D eigenvalue weighted by Crippen LogP contribution is -2.38. The number of fused-ring (bicyclic) bond motifs is 6. The predicted molar refractivity (Wildman–Crippen MR) is 129 cm³/mol. The molecule has 150 valence electrons. The van der Waals surface area contributed by atoms with E-state index in [0.717, 1.165) is 0 Å². The Morgan fingerprint density at radius 3 is 2.72 bits per heavy atom. The van der Waals surface area contributed by atoms with Crippen molar-refractivity contribution in [3.05, 3.63) is 68.4 Å². The van der Waals surface area contributed by atoms with Crippen LogP contribution < -0.4 is 20.9 Å². The molecule has 0 nitrogen and oxygen atoms in total. The van der Waals surface area contributed by atoms with E-state index in [2.05, 4.69) is 61.5 Å². The van der Waals surface area contributed by atoms with Gasteiger partial charge >= 0.3 is 0 Å². The fourth-order valence-corrected chi connectivity index (χ4v) is 8.42. The highest BCUT2D eigenvalue weighted by Gasteiger charge is 2.29. The standard InChI is InChI=1S/C28H33P/c1-2-3-4-9-18-29-19-23-16-14-21-10-5-7-12-25(21)27(23)28-24(20-29)17-15-22-11-6-8-13-26(22)28/h5,7,10-15,17,23H,2-4,6,8-9,16,18-20H2,1H3/t23-,29?/m0/s1. The van der Waals surface area contributed by atoms with Gasteiger partial charge in [-0.3, -0.25) is 0 Å². The summed E-state index contributed by atoms with van der Waals surface area (Å²) in [6.07, 6.45) is 21.0. The summed E-state index contributed by atoms with van der Waals surface area (Å²) in [6, 6.07) is 14.1. The summed E-state index contributed by atoms with van der Waals surface area (Å²) < 4.78 is 0. The van der Waals surface area contributed by atoms with Gasteiger partial charge in [0.25, 0.3) is 0 Å². The monoisotopic (exact) mass is 400 g/mol. The van der Waals surface area contributed by atoms with Gasteiger partial charge in [0.2, 0.25) is 0 Å². The average molecular weight is 401 g/mol. The van der Waals surface area contributed by atoms with Crippen LogP contribution in [0, 0.1) is 5.92 Å². The third-order valence-corrected chi connectivity index (χ3v) is 9.69. The SMILES string of the molecule is CCCCCCP1Cc2ccc3c(c2C2=c4ccccc4=CC[C@H]2C1)=CCCC=3. The van der Waals surface area contributed by atoms with Crippen molar-refractivity contribution in [2.75, 3.05) is 12.3 Å². The molecule has 0 radical (unpaired) electrons. The van der Waals surface area contributed by atoms with Crippen molar-refractivity contribution in [2.24, 2.45) is 5.92 Å². The van der Waals surface area contributed by atoms with Crippen LogP contribution in [-0.4, -0.2) is 12.3 Å². The summed E-state index contributed by atoms with van der Waals surface area (Å²) in [7, 11) is 0.0874. The van der Waals surface area contributed by atoms with Crippen LogP contribution in [0.4, 0.5) is 0 Å². The molecular weight excluding hydrogens is 367 g/mol. The summed E-state index contributed by atoms with van der Waals surface area (Å²) in [4.78, 5) is 0. The Hall–Kier alpha value is -1.65. The van der Waals surface area contributed by atoms with Crippen molar-refractivity contribution in [3.63, 3.8) is 0 Å². The zero-order valence-electron chi connectivity index (χ0n) is 17.8. The molecule has 0 amide bonds. The lowest BCUT2D eigenvalue weighted by atomic mass is 9.82. The third-order valence-electron chi connectivity index (χ3n) is 7.00. The van der Waals surface area contributed by atoms with Crippen molar-refractivity contribution in [2.45, 2.75) is 58.0 Å². The van der Waals surface area contributed by atoms with E-state index in [4.69, 9.17) is 0 Å². The van der Waals surface area contributed by atoms with Crippen LogP contribution in [0.15, 0.2) is 36.4 Å². The Morgan fingerprint density at radius 2 is 1.79 bits per heavy atom. The highest BCUT2D eigenvalue weighted by molar-refractivity contribution is 7.56. The molecule has 1 aliphatic heterocycles. The van der Waals surface area contributed by atoms with Gasteiger partial charge in [0, 0.05) is 0 Å². The molecule has 29 heavy (non-hydrogen) atoms. The number of benzene rings is 2. The number of rotatable bonds is 5. The predicted octanol–water partition coefficient (Wildman–Crippen LogP) is 4.62. The molecule has 1 unspecified atom stereocenters. The van der Waals surface area contributed by atoms with Crippen LogP contribution in [0.25, 0.3) is 23.8 Å². The molecule has 1 heteroatoms. The van der Waals surface area contributed by atoms with Crippen LogP contribution in [0.1, 0.15) is 63.0 Å². The van der Waals surface area contributed by atoms with E-state index >= 15 is 0 Å². The van der Waals surface area contributed by atoms with Gasteiger partial charge in [-0.25, -0.2) is 0 Å². The van der Waals surface area contributed by atoms with Crippen molar-refractivity contribution in [1.29, 1.82) is 0 Å². The first kappa shape index (κ1) is 19.3. The minimum absolute atomic E-state index is 0.0874. The van der Waals surface area contributed by atoms with E-state index in [1.807, 2.05) is 0 Å². The third kappa shape index (κ3) is 3.77. The minimum Gasteiger partial charge on any atom is -0.102 e. The molecule has 0 spiro atoms. The van der Waals surface area contributed by atoms with Crippen LogP contribution >= 0.6 is 7.92 Å². The smallest absolute Gasteiger partial charge is 0.00666 e. The molecule has 2 aromatic carbocycles. The van der Waals surface area contributed by atoms with Gasteiger partial charge in [-0.15, -0.1) is 7.92 Å². The number of hydrogen-bond donors (Lipinski definition) is 0. The van der Waals surface area contributed by atoms with Gasteiger partial charge in [0.05, 0.1) is 0 Å². The molecule has 2 aliphatic carbocycles. The molecule has 0 bridgehead atoms. The van der Waals surface area contributed by atoms with E-state index in [9.17, 15) is 0 Å². The second-order valence-corrected chi connectivity index (χ2v) is 11.5. The quantitative estimate of drug-likeness (QED) is 0.508. The lowest BCUT2D eigenvalue weighted by Gasteiger charge is -2.24. The fourth-order valence-electron chi connectivity index (χ4n) is 5.58. The van der Waals surface area contributed by atoms with E-state index in [1.165, 1.54) is 79.1 Å². The molecule has 0 saturated carbocycles. The van der Waals surface area contributed by atoms with E-state index < -0.39 is 0 Å². The zero-order chi connectivity index (χ0) is 19.6. The molecule has 0 N–H and O–H groups in total. The van der Waals surface area contributed by atoms with Crippen molar-refractivity contribution in [3.8, 4) is 0 Å². The average Bonchev–Trinajstić information content (AvgIpc) is 2.93. The van der Waals surface area contributed by atoms with Gasteiger partial charge < -0.3 is 0 Å². The maximum Gasteiger partial charge on any atom is -0.00666 e. The topological polar surface area (TPSA) is 0 Å². The molecule has 1 heterocycles. The van der Waals surface area contributed by atoms with Gasteiger partial charge in [-0.2, -0.15) is 0 Å². The molecule has 0 fully saturated rings. The first-order valence-electron chi connectivity index (χ1n) is 11.7. The molecule has 5 rings (SSSR count). The molecule has 0 aromatic heterocycles. The largest absolute Gasteiger partial charge is 0.102 e. The van der Waals surface area contributed by atoms with Crippen molar-refractivity contribution >= 4 is 31.7 Å². The first-order chi connectivity index (χ1) is 14.3. The Balaban J connectivity index is 1.68. The van der Waals surface area contributed by atoms with Crippen LogP contribution in [0.5, 0.6) is 0 Å². The second-order valence-electron chi connectivity index (χ2n) is 9.02. The van der Waals surface area contributed by atoms with Crippen LogP contribution in [0.2, 0.25) is 0 Å². The lowest BCUT2D eigenvalue weighted by molar-refractivity contribution is 0.702. The summed E-state index contributed by atoms with van der Waals surface area (Å²) >= 11 is 0. The normalized spacial score (nSPS) is 22.0. The van der Waals surface area contributed by atoms with Gasteiger partial charge in [-0.05, 0) is 87.7 Å². The zero-order valence-corrected chi connectivity index (χ0v) is 18.7. The highest BCUT2D eigenvalue weighted by atomic mass is 31.1. The molecule has 0 saturated heterocycles. The number of hydrogen-bond acceptors (Lipinski definition) is 0. The summed E-state index contributed by atoms with van der Waals surface area (Å²) in [5, 5.41) is 5.99. The van der Waals surface area contributed by atoms with Crippen molar-refractivity contribution < 1.29 is 0 Å². The fraction of sp³-hybridized carbons (Fsp3) is 0.429. The molecule has 3 aliphatic rings. The summed E-state index contributed by atoms with van der Waals surface area (Å²) in [5.41, 5.74) is 4.95. The molecule has 2 atom stereocenters.